The van der Waals surface area contributed by atoms with Crippen molar-refractivity contribution in [1.29, 1.82) is 0 Å². The molecule has 1 spiro atoms. The number of benzene rings is 8. The molecule has 0 saturated heterocycles. The van der Waals surface area contributed by atoms with Gasteiger partial charge in [-0.05, 0) is 93.0 Å². The number of rotatable bonds is 4. The first kappa shape index (κ1) is 28.7. The summed E-state index contributed by atoms with van der Waals surface area (Å²) in [6.45, 7) is 0. The van der Waals surface area contributed by atoms with E-state index in [1.54, 1.807) is 0 Å². The molecule has 3 aliphatic rings. The normalized spacial score (nSPS) is 13.4. The standard InChI is InChI=1S/C50H30N2O/c1-3-14-31(15-4-1)49-51-47-38-27-29-45(37-21-13-22-39(46(37)38)48(47)53-49)52(32-16-5-2-6-17-32)33-26-28-44-40(30-33)36-20-9-12-25-43(36)50(44)41-23-10-7-18-34(41)35-19-8-11-24-42(35)50/h1-30H. The Morgan fingerprint density at radius 3 is 1.72 bits per heavy atom. The lowest BCUT2D eigenvalue weighted by Gasteiger charge is -2.31. The molecular weight excluding hydrogens is 645 g/mol. The van der Waals surface area contributed by atoms with E-state index in [9.17, 15) is 0 Å². The lowest BCUT2D eigenvalue weighted by atomic mass is 9.70. The van der Waals surface area contributed by atoms with Crippen molar-refractivity contribution < 1.29 is 4.42 Å². The summed E-state index contributed by atoms with van der Waals surface area (Å²) in [5.74, 6) is 1.49. The van der Waals surface area contributed by atoms with Gasteiger partial charge in [-0.1, -0.05) is 133 Å². The molecule has 0 radical (unpaired) electrons. The molecule has 1 heterocycles. The van der Waals surface area contributed by atoms with E-state index < -0.39 is 0 Å². The summed E-state index contributed by atoms with van der Waals surface area (Å²) in [4.78, 5) is 7.45. The fourth-order valence-electron chi connectivity index (χ4n) is 9.59. The Kier molecular flexibility index (Phi) is 5.70. The van der Waals surface area contributed by atoms with Crippen LogP contribution in [0.4, 0.5) is 17.1 Å². The maximum absolute atomic E-state index is 6.51. The summed E-state index contributed by atoms with van der Waals surface area (Å²) >= 11 is 0. The molecule has 12 rings (SSSR count). The Morgan fingerprint density at radius 2 is 1.02 bits per heavy atom. The van der Waals surface area contributed by atoms with E-state index in [2.05, 4.69) is 157 Å². The molecule has 3 nitrogen and oxygen atoms in total. The molecule has 3 aliphatic carbocycles. The molecule has 0 N–H and O–H groups in total. The van der Waals surface area contributed by atoms with Gasteiger partial charge in [0.1, 0.15) is 5.69 Å². The summed E-state index contributed by atoms with van der Waals surface area (Å²) in [6, 6.07) is 66.0. The zero-order valence-electron chi connectivity index (χ0n) is 28.6. The number of hydrogen-bond acceptors (Lipinski definition) is 3. The second-order valence-corrected chi connectivity index (χ2v) is 14.2. The van der Waals surface area contributed by atoms with Gasteiger partial charge >= 0.3 is 0 Å². The van der Waals surface area contributed by atoms with Gasteiger partial charge in [0.05, 0.1) is 11.1 Å². The molecule has 8 aromatic carbocycles. The van der Waals surface area contributed by atoms with Crippen LogP contribution in [0, 0.1) is 0 Å². The van der Waals surface area contributed by atoms with Gasteiger partial charge in [0.15, 0.2) is 5.76 Å². The van der Waals surface area contributed by atoms with Crippen molar-refractivity contribution in [3.63, 3.8) is 0 Å². The van der Waals surface area contributed by atoms with Crippen LogP contribution >= 0.6 is 0 Å². The van der Waals surface area contributed by atoms with Crippen molar-refractivity contribution in [2.75, 3.05) is 4.90 Å². The number of fused-ring (bicyclic) bond motifs is 13. The largest absolute Gasteiger partial charge is 0.435 e. The van der Waals surface area contributed by atoms with Crippen molar-refractivity contribution in [3.8, 4) is 56.3 Å². The molecule has 0 unspecified atom stereocenters. The second kappa shape index (κ2) is 10.5. The molecule has 0 amide bonds. The Bertz CT molecular complexity index is 2890. The number of nitrogens with zero attached hydrogens (tertiary/aromatic N) is 2. The minimum absolute atomic E-state index is 0.372. The maximum Gasteiger partial charge on any atom is 0.227 e. The third-order valence-corrected chi connectivity index (χ3v) is 11.7. The summed E-state index contributed by atoms with van der Waals surface area (Å²) in [5.41, 5.74) is 17.6. The Balaban J connectivity index is 1.07. The molecule has 53 heavy (non-hydrogen) atoms. The Hall–Kier alpha value is -6.97. The highest BCUT2D eigenvalue weighted by Crippen LogP contribution is 2.63. The van der Waals surface area contributed by atoms with E-state index in [1.165, 1.54) is 49.9 Å². The van der Waals surface area contributed by atoms with Crippen molar-refractivity contribution in [3.05, 3.63) is 204 Å². The van der Waals surface area contributed by atoms with Crippen LogP contribution in [-0.2, 0) is 5.41 Å². The summed E-state index contributed by atoms with van der Waals surface area (Å²) in [7, 11) is 0. The van der Waals surface area contributed by atoms with Crippen LogP contribution in [-0.4, -0.2) is 4.98 Å². The number of anilines is 3. The van der Waals surface area contributed by atoms with E-state index in [-0.39, 0.29) is 5.41 Å². The highest BCUT2D eigenvalue weighted by molar-refractivity contribution is 6.17. The smallest absolute Gasteiger partial charge is 0.227 e. The van der Waals surface area contributed by atoms with E-state index >= 15 is 0 Å². The van der Waals surface area contributed by atoms with Crippen molar-refractivity contribution in [2.24, 2.45) is 0 Å². The van der Waals surface area contributed by atoms with Crippen molar-refractivity contribution in [2.45, 2.75) is 5.41 Å². The molecule has 246 valence electrons. The van der Waals surface area contributed by atoms with Crippen LogP contribution < -0.4 is 4.90 Å². The predicted octanol–water partition coefficient (Wildman–Crippen LogP) is 13.0. The van der Waals surface area contributed by atoms with E-state index in [0.29, 0.717) is 5.89 Å². The van der Waals surface area contributed by atoms with Gasteiger partial charge in [-0.25, -0.2) is 4.98 Å². The highest BCUT2D eigenvalue weighted by Gasteiger charge is 2.51. The van der Waals surface area contributed by atoms with Gasteiger partial charge in [-0.2, -0.15) is 0 Å². The molecule has 0 aliphatic heterocycles. The Labute approximate surface area is 307 Å². The van der Waals surface area contributed by atoms with Gasteiger partial charge in [0, 0.05) is 38.8 Å². The average Bonchev–Trinajstić information content (AvgIpc) is 3.96. The third kappa shape index (κ3) is 3.70. The van der Waals surface area contributed by atoms with Crippen LogP contribution in [0.1, 0.15) is 22.3 Å². The van der Waals surface area contributed by atoms with Crippen molar-refractivity contribution in [1.82, 2.24) is 4.98 Å². The van der Waals surface area contributed by atoms with Crippen LogP contribution in [0.5, 0.6) is 0 Å². The fraction of sp³-hybridized carbons (Fsp3) is 0.0200. The minimum Gasteiger partial charge on any atom is -0.435 e. The van der Waals surface area contributed by atoms with Crippen LogP contribution in [0.3, 0.4) is 0 Å². The van der Waals surface area contributed by atoms with Gasteiger partial charge in [0.2, 0.25) is 5.89 Å². The number of oxazole rings is 1. The first-order valence-electron chi connectivity index (χ1n) is 18.2. The molecule has 1 aromatic heterocycles. The zero-order chi connectivity index (χ0) is 34.7. The fourth-order valence-corrected chi connectivity index (χ4v) is 9.59. The number of hydrogen-bond donors (Lipinski definition) is 0. The van der Waals surface area contributed by atoms with E-state index in [1.807, 2.05) is 30.3 Å². The molecular formula is C50H30N2O. The predicted molar refractivity (Wildman–Crippen MR) is 215 cm³/mol. The lowest BCUT2D eigenvalue weighted by molar-refractivity contribution is 0.590. The molecule has 0 fully saturated rings. The van der Waals surface area contributed by atoms with Gasteiger partial charge in [0.25, 0.3) is 0 Å². The third-order valence-electron chi connectivity index (χ3n) is 11.7. The topological polar surface area (TPSA) is 29.3 Å². The summed E-state index contributed by atoms with van der Waals surface area (Å²) < 4.78 is 6.51. The van der Waals surface area contributed by atoms with Crippen LogP contribution in [0.2, 0.25) is 0 Å². The monoisotopic (exact) mass is 674 g/mol. The van der Waals surface area contributed by atoms with E-state index in [4.69, 9.17) is 9.40 Å². The quantitative estimate of drug-likeness (QED) is 0.186. The van der Waals surface area contributed by atoms with Crippen LogP contribution in [0.15, 0.2) is 186 Å². The number of para-hydroxylation sites is 1. The SMILES string of the molecule is c1ccc(-c2nc3c(o2)-c2cccc4c(N(c5ccccc5)c5ccc6c(c5)-c5ccccc5C65c6ccccc6-c6ccccc65)ccc-3c24)cc1. The first-order chi connectivity index (χ1) is 26.3. The van der Waals surface area contributed by atoms with E-state index in [0.717, 1.165) is 50.6 Å². The molecule has 9 aromatic rings. The lowest BCUT2D eigenvalue weighted by Crippen LogP contribution is -2.25. The molecule has 0 bridgehead atoms. The van der Waals surface area contributed by atoms with Gasteiger partial charge in [-0.3, -0.25) is 0 Å². The molecule has 0 atom stereocenters. The average molecular weight is 675 g/mol. The Morgan fingerprint density at radius 1 is 0.434 bits per heavy atom. The number of aromatic nitrogens is 1. The molecule has 3 heteroatoms. The van der Waals surface area contributed by atoms with Gasteiger partial charge in [-0.15, -0.1) is 0 Å². The highest BCUT2D eigenvalue weighted by atomic mass is 16.4. The van der Waals surface area contributed by atoms with Crippen LogP contribution in [0.25, 0.3) is 67.1 Å². The second-order valence-electron chi connectivity index (χ2n) is 14.2. The maximum atomic E-state index is 6.51. The zero-order valence-corrected chi connectivity index (χ0v) is 28.6. The summed E-state index contributed by atoms with van der Waals surface area (Å²) in [5, 5.41) is 2.34. The van der Waals surface area contributed by atoms with Crippen molar-refractivity contribution >= 4 is 27.8 Å². The minimum atomic E-state index is -0.372. The first-order valence-corrected chi connectivity index (χ1v) is 18.2. The molecule has 0 saturated carbocycles. The van der Waals surface area contributed by atoms with Gasteiger partial charge < -0.3 is 9.32 Å². The summed E-state index contributed by atoms with van der Waals surface area (Å²) in [6.07, 6.45) is 0.